The van der Waals surface area contributed by atoms with Gasteiger partial charge in [0.05, 0.1) is 12.6 Å². The lowest BCUT2D eigenvalue weighted by Crippen LogP contribution is -2.00. The molecule has 2 rings (SSSR count). The Bertz CT molecular complexity index is 509. The lowest BCUT2D eigenvalue weighted by atomic mass is 10.2. The second kappa shape index (κ2) is 3.98. The molecule has 78 valence electrons. The van der Waals surface area contributed by atoms with E-state index in [2.05, 4.69) is 25.9 Å². The molecule has 5 nitrogen and oxygen atoms in total. The van der Waals surface area contributed by atoms with Crippen LogP contribution in [0.5, 0.6) is 0 Å². The monoisotopic (exact) mass is 269 g/mol. The van der Waals surface area contributed by atoms with Gasteiger partial charge in [-0.15, -0.1) is 0 Å². The number of aryl methyl sites for hydroxylation is 1. The van der Waals surface area contributed by atoms with Gasteiger partial charge in [-0.05, 0) is 22.0 Å². The second-order valence-electron chi connectivity index (χ2n) is 3.06. The van der Waals surface area contributed by atoms with Crippen LogP contribution in [0.25, 0.3) is 5.78 Å². The molecule has 6 heteroatoms. The quantitative estimate of drug-likeness (QED) is 0.917. The van der Waals surface area contributed by atoms with Crippen molar-refractivity contribution in [1.82, 2.24) is 14.4 Å². The van der Waals surface area contributed by atoms with Crippen LogP contribution in [0.15, 0.2) is 23.1 Å². The summed E-state index contributed by atoms with van der Waals surface area (Å²) in [7, 11) is 0. The van der Waals surface area contributed by atoms with E-state index < -0.39 is 5.97 Å². The average Bonchev–Trinajstić information content (AvgIpc) is 2.57. The Labute approximate surface area is 93.9 Å². The number of imidazole rings is 1. The van der Waals surface area contributed by atoms with Crippen LogP contribution in [-0.2, 0) is 11.2 Å². The first-order valence-corrected chi connectivity index (χ1v) is 5.16. The van der Waals surface area contributed by atoms with Crippen LogP contribution < -0.4 is 0 Å². The fraction of sp³-hybridized carbons (Fsp3) is 0.222. The molecule has 0 spiro atoms. The Morgan fingerprint density at radius 2 is 2.40 bits per heavy atom. The van der Waals surface area contributed by atoms with Crippen molar-refractivity contribution >= 4 is 27.7 Å². The largest absolute Gasteiger partial charge is 0.481 e. The minimum atomic E-state index is -0.818. The molecule has 0 saturated heterocycles. The van der Waals surface area contributed by atoms with Crippen molar-refractivity contribution in [1.29, 1.82) is 0 Å². The number of carboxylic acids is 1. The van der Waals surface area contributed by atoms with Crippen LogP contribution in [0.3, 0.4) is 0 Å². The lowest BCUT2D eigenvalue weighted by Gasteiger charge is -1.99. The van der Waals surface area contributed by atoms with E-state index in [9.17, 15) is 4.79 Å². The minimum Gasteiger partial charge on any atom is -0.481 e. The van der Waals surface area contributed by atoms with E-state index in [0.717, 1.165) is 10.3 Å². The van der Waals surface area contributed by atoms with Crippen LogP contribution in [0, 0.1) is 0 Å². The van der Waals surface area contributed by atoms with Crippen molar-refractivity contribution in [3.8, 4) is 0 Å². The second-order valence-corrected chi connectivity index (χ2v) is 3.88. The number of hydrogen-bond donors (Lipinski definition) is 1. The van der Waals surface area contributed by atoms with E-state index in [1.54, 1.807) is 16.7 Å². The van der Waals surface area contributed by atoms with Gasteiger partial charge in [-0.1, -0.05) is 0 Å². The SMILES string of the molecule is O=C(O)CCc1ccn2c(Br)cnc2n1. The highest BCUT2D eigenvalue weighted by atomic mass is 79.9. The zero-order valence-corrected chi connectivity index (χ0v) is 9.31. The molecule has 0 aliphatic heterocycles. The van der Waals surface area contributed by atoms with Gasteiger partial charge in [0, 0.05) is 18.3 Å². The first kappa shape index (κ1) is 10.1. The van der Waals surface area contributed by atoms with E-state index in [0.29, 0.717) is 12.2 Å². The first-order chi connectivity index (χ1) is 7.16. The molecule has 2 aromatic heterocycles. The van der Waals surface area contributed by atoms with E-state index in [1.165, 1.54) is 0 Å². The van der Waals surface area contributed by atoms with Crippen LogP contribution in [0.4, 0.5) is 0 Å². The third kappa shape index (κ3) is 2.15. The van der Waals surface area contributed by atoms with Gasteiger partial charge in [0.2, 0.25) is 5.78 Å². The summed E-state index contributed by atoms with van der Waals surface area (Å²) in [6.45, 7) is 0. The fourth-order valence-electron chi connectivity index (χ4n) is 1.25. The average molecular weight is 270 g/mol. The molecule has 15 heavy (non-hydrogen) atoms. The van der Waals surface area contributed by atoms with Crippen molar-refractivity contribution in [2.75, 3.05) is 0 Å². The highest BCUT2D eigenvalue weighted by Crippen LogP contribution is 2.12. The summed E-state index contributed by atoms with van der Waals surface area (Å²) in [6.07, 6.45) is 3.99. The van der Waals surface area contributed by atoms with Crippen molar-refractivity contribution in [3.63, 3.8) is 0 Å². The van der Waals surface area contributed by atoms with Gasteiger partial charge >= 0.3 is 5.97 Å². The molecule has 0 aliphatic rings. The van der Waals surface area contributed by atoms with Crippen LogP contribution in [0.2, 0.25) is 0 Å². The van der Waals surface area contributed by atoms with Crippen molar-refractivity contribution < 1.29 is 9.90 Å². The number of nitrogens with zero attached hydrogens (tertiary/aromatic N) is 3. The number of rotatable bonds is 3. The minimum absolute atomic E-state index is 0.0883. The zero-order valence-electron chi connectivity index (χ0n) is 7.72. The molecular formula is C9H8BrN3O2. The molecular weight excluding hydrogens is 262 g/mol. The number of fused-ring (bicyclic) bond motifs is 1. The van der Waals surface area contributed by atoms with E-state index in [4.69, 9.17) is 5.11 Å². The van der Waals surface area contributed by atoms with Crippen molar-refractivity contribution in [2.45, 2.75) is 12.8 Å². The lowest BCUT2D eigenvalue weighted by molar-refractivity contribution is -0.136. The van der Waals surface area contributed by atoms with Gasteiger partial charge in [0.15, 0.2) is 0 Å². The van der Waals surface area contributed by atoms with Gasteiger partial charge in [0.25, 0.3) is 0 Å². The maximum absolute atomic E-state index is 10.4. The number of hydrogen-bond acceptors (Lipinski definition) is 3. The van der Waals surface area contributed by atoms with Crippen LogP contribution >= 0.6 is 15.9 Å². The number of carboxylic acid groups (broad SMARTS) is 1. The summed E-state index contributed by atoms with van der Waals surface area (Å²) < 4.78 is 2.61. The van der Waals surface area contributed by atoms with Gasteiger partial charge in [-0.3, -0.25) is 9.20 Å². The molecule has 0 amide bonds. The molecule has 0 saturated carbocycles. The van der Waals surface area contributed by atoms with Crippen LogP contribution in [-0.4, -0.2) is 25.4 Å². The molecule has 2 heterocycles. The van der Waals surface area contributed by atoms with E-state index >= 15 is 0 Å². The normalized spacial score (nSPS) is 10.7. The molecule has 0 aliphatic carbocycles. The molecule has 0 radical (unpaired) electrons. The van der Waals surface area contributed by atoms with Crippen molar-refractivity contribution in [3.05, 3.63) is 28.8 Å². The summed E-state index contributed by atoms with van der Waals surface area (Å²) in [5, 5.41) is 8.54. The molecule has 2 aromatic rings. The molecule has 1 N–H and O–H groups in total. The number of halogens is 1. The zero-order chi connectivity index (χ0) is 10.8. The van der Waals surface area contributed by atoms with Gasteiger partial charge in [-0.2, -0.15) is 0 Å². The summed E-state index contributed by atoms with van der Waals surface area (Å²) in [5.41, 5.74) is 0.739. The highest BCUT2D eigenvalue weighted by Gasteiger charge is 2.04. The number of carbonyl (C=O) groups is 1. The Balaban J connectivity index is 2.27. The summed E-state index contributed by atoms with van der Waals surface area (Å²) >= 11 is 3.32. The van der Waals surface area contributed by atoms with Crippen molar-refractivity contribution in [2.24, 2.45) is 0 Å². The Morgan fingerprint density at radius 1 is 1.60 bits per heavy atom. The van der Waals surface area contributed by atoms with Crippen LogP contribution in [0.1, 0.15) is 12.1 Å². The predicted octanol–water partition coefficient (Wildman–Crippen LogP) is 1.51. The van der Waals surface area contributed by atoms with Gasteiger partial charge < -0.3 is 5.11 Å². The summed E-state index contributed by atoms with van der Waals surface area (Å²) in [4.78, 5) is 18.7. The Hall–Kier alpha value is -1.43. The summed E-state index contributed by atoms with van der Waals surface area (Å²) in [6, 6.07) is 1.79. The third-order valence-electron chi connectivity index (χ3n) is 1.99. The maximum Gasteiger partial charge on any atom is 0.303 e. The fourth-order valence-corrected chi connectivity index (χ4v) is 1.63. The third-order valence-corrected chi connectivity index (χ3v) is 2.57. The van der Waals surface area contributed by atoms with E-state index in [1.807, 2.05) is 6.20 Å². The molecule has 0 fully saturated rings. The van der Waals surface area contributed by atoms with E-state index in [-0.39, 0.29) is 6.42 Å². The standard InChI is InChI=1S/C9H8BrN3O2/c10-7-5-11-9-12-6(1-2-8(14)15)3-4-13(7)9/h3-5H,1-2H2,(H,14,15). The Kier molecular flexibility index (Phi) is 2.68. The van der Waals surface area contributed by atoms with Gasteiger partial charge in [-0.25, -0.2) is 9.97 Å². The smallest absolute Gasteiger partial charge is 0.303 e. The summed E-state index contributed by atoms with van der Waals surface area (Å²) in [5.74, 6) is -0.244. The topological polar surface area (TPSA) is 67.5 Å². The molecule has 0 atom stereocenters. The Morgan fingerprint density at radius 3 is 3.13 bits per heavy atom. The number of aromatic nitrogens is 3. The molecule has 0 bridgehead atoms. The number of aliphatic carboxylic acids is 1. The van der Waals surface area contributed by atoms with Gasteiger partial charge in [0.1, 0.15) is 4.60 Å². The maximum atomic E-state index is 10.4. The molecule has 0 unspecified atom stereocenters. The predicted molar refractivity (Wildman–Crippen MR) is 56.6 cm³/mol. The molecule has 0 aromatic carbocycles. The first-order valence-electron chi connectivity index (χ1n) is 4.37. The highest BCUT2D eigenvalue weighted by molar-refractivity contribution is 9.10.